The summed E-state index contributed by atoms with van der Waals surface area (Å²) in [6, 6.07) is 1.97. The van der Waals surface area contributed by atoms with E-state index in [0.717, 1.165) is 24.4 Å². The third-order valence-electron chi connectivity index (χ3n) is 3.90. The summed E-state index contributed by atoms with van der Waals surface area (Å²) >= 11 is 0. The van der Waals surface area contributed by atoms with E-state index in [4.69, 9.17) is 0 Å². The fourth-order valence-electron chi connectivity index (χ4n) is 1.97. The highest BCUT2D eigenvalue weighted by Gasteiger charge is 2.85. The molecule has 0 aromatic carbocycles. The van der Waals surface area contributed by atoms with Crippen molar-refractivity contribution in [3.8, 4) is 0 Å². The number of hydrogen-bond donors (Lipinski definition) is 1. The average Bonchev–Trinajstić information content (AvgIpc) is 2.66. The Hall–Kier alpha value is -2.65. The molecular weight excluding hydrogens is 579 g/mol. The number of halogens is 17. The van der Waals surface area contributed by atoms with Crippen molar-refractivity contribution in [2.45, 2.75) is 55.3 Å². The Morgan fingerprint density at radius 3 is 1.59 bits per heavy atom. The zero-order valence-electron chi connectivity index (χ0n) is 16.8. The van der Waals surface area contributed by atoms with Crippen molar-refractivity contribution < 1.29 is 88.9 Å². The first-order valence-electron chi connectivity index (χ1n) is 8.42. The van der Waals surface area contributed by atoms with Gasteiger partial charge in [0.2, 0.25) is 0 Å². The van der Waals surface area contributed by atoms with Crippen molar-refractivity contribution in [2.75, 3.05) is 5.32 Å². The molecule has 1 heterocycles. The van der Waals surface area contributed by atoms with Crippen molar-refractivity contribution in [1.29, 1.82) is 0 Å². The van der Waals surface area contributed by atoms with Gasteiger partial charge in [0, 0.05) is 6.20 Å². The first-order chi connectivity index (χ1) is 16.1. The van der Waals surface area contributed by atoms with E-state index in [1.807, 2.05) is 4.74 Å². The van der Waals surface area contributed by atoms with E-state index in [1.165, 1.54) is 4.74 Å². The van der Waals surface area contributed by atoms with Crippen molar-refractivity contribution in [3.05, 3.63) is 23.9 Å². The van der Waals surface area contributed by atoms with Crippen LogP contribution < -0.4 is 5.32 Å². The van der Waals surface area contributed by atoms with Gasteiger partial charge >= 0.3 is 54.3 Å². The van der Waals surface area contributed by atoms with E-state index in [9.17, 15) is 79.4 Å². The first-order valence-corrected chi connectivity index (χ1v) is 8.42. The van der Waals surface area contributed by atoms with Crippen LogP contribution in [0.5, 0.6) is 0 Å². The lowest BCUT2D eigenvalue weighted by Gasteiger charge is -2.40. The highest BCUT2D eigenvalue weighted by molar-refractivity contribution is 5.96. The summed E-state index contributed by atoms with van der Waals surface area (Å²) in [5, 5.41) is 0.798. The molecule has 37 heavy (non-hydrogen) atoms. The summed E-state index contributed by atoms with van der Waals surface area (Å²) in [4.78, 5) is 14.8. The third-order valence-corrected chi connectivity index (χ3v) is 3.90. The standard InChI is InChI=1S/C15H7F17N2O3/c1-5-3-2-4-33-6(5)34-7(35)8(16,11(20,21)22)36-15(31,32)10(19,13(26,27)28)37-14(29,30)9(17,18)12(23,24)25/h2-4H,1H3,(H,33,34,35)/t8-,10+/m1/s1. The molecule has 0 radical (unpaired) electrons. The van der Waals surface area contributed by atoms with Gasteiger partial charge in [-0.15, -0.1) is 0 Å². The van der Waals surface area contributed by atoms with E-state index < -0.39 is 60.1 Å². The largest absolute Gasteiger partial charge is 0.462 e. The van der Waals surface area contributed by atoms with E-state index in [0.29, 0.717) is 6.20 Å². The van der Waals surface area contributed by atoms with Crippen molar-refractivity contribution in [3.63, 3.8) is 0 Å². The summed E-state index contributed by atoms with van der Waals surface area (Å²) in [7, 11) is 0. The second-order valence-corrected chi connectivity index (χ2v) is 6.62. The number of nitrogens with one attached hydrogen (secondary N) is 1. The van der Waals surface area contributed by atoms with Gasteiger partial charge in [0.1, 0.15) is 5.82 Å². The van der Waals surface area contributed by atoms with Crippen LogP contribution in [0, 0.1) is 6.92 Å². The molecule has 0 spiro atoms. The fourth-order valence-corrected chi connectivity index (χ4v) is 1.97. The van der Waals surface area contributed by atoms with E-state index in [1.54, 1.807) is 0 Å². The number of anilines is 1. The summed E-state index contributed by atoms with van der Waals surface area (Å²) in [5.41, 5.74) is -0.361. The minimum atomic E-state index is -8.07. The van der Waals surface area contributed by atoms with Gasteiger partial charge in [0.25, 0.3) is 0 Å². The quantitative estimate of drug-likeness (QED) is 0.369. The van der Waals surface area contributed by atoms with Gasteiger partial charge in [-0.1, -0.05) is 6.07 Å². The van der Waals surface area contributed by atoms with Crippen LogP contribution >= 0.6 is 0 Å². The maximum Gasteiger partial charge on any atom is 0.462 e. The summed E-state index contributed by atoms with van der Waals surface area (Å²) in [5.74, 6) is -27.4. The Bertz CT molecular complexity index is 989. The van der Waals surface area contributed by atoms with Crippen LogP contribution in [0.3, 0.4) is 0 Å². The molecule has 0 saturated carbocycles. The number of ether oxygens (including phenoxy) is 2. The predicted molar refractivity (Wildman–Crippen MR) is 80.5 cm³/mol. The molecular formula is C15H7F17N2O3. The highest BCUT2D eigenvalue weighted by atomic mass is 19.4. The number of hydrogen-bond acceptors (Lipinski definition) is 4. The van der Waals surface area contributed by atoms with E-state index >= 15 is 0 Å². The average molecular weight is 586 g/mol. The van der Waals surface area contributed by atoms with Crippen LogP contribution in [-0.2, 0) is 14.3 Å². The summed E-state index contributed by atoms with van der Waals surface area (Å²) in [6.07, 6.45) is -38.0. The number of carbonyl (C=O) groups is 1. The smallest absolute Gasteiger partial charge is 0.305 e. The minimum Gasteiger partial charge on any atom is -0.305 e. The zero-order chi connectivity index (χ0) is 29.7. The maximum atomic E-state index is 14.4. The van der Waals surface area contributed by atoms with Crippen LogP contribution in [0.15, 0.2) is 18.3 Å². The predicted octanol–water partition coefficient (Wildman–Crippen LogP) is 6.20. The number of aromatic nitrogens is 1. The van der Waals surface area contributed by atoms with Crippen LogP contribution in [0.1, 0.15) is 5.56 Å². The number of pyridine rings is 1. The molecule has 22 heteroatoms. The molecule has 0 aliphatic carbocycles. The molecule has 0 fully saturated rings. The van der Waals surface area contributed by atoms with E-state index in [2.05, 4.69) is 4.98 Å². The number of amides is 1. The summed E-state index contributed by atoms with van der Waals surface area (Å²) < 4.78 is 226. The Morgan fingerprint density at radius 2 is 1.22 bits per heavy atom. The number of carbonyl (C=O) groups excluding carboxylic acids is 1. The second-order valence-electron chi connectivity index (χ2n) is 6.62. The second kappa shape index (κ2) is 9.27. The summed E-state index contributed by atoms with van der Waals surface area (Å²) in [6.45, 7) is 0.929. The van der Waals surface area contributed by atoms with E-state index in [-0.39, 0.29) is 5.56 Å². The van der Waals surface area contributed by atoms with Crippen LogP contribution in [0.4, 0.5) is 80.5 Å². The normalized spacial score (nSPS) is 17.7. The fraction of sp³-hybridized carbons (Fsp3) is 0.600. The first kappa shape index (κ1) is 32.4. The molecule has 1 aromatic rings. The molecule has 1 aromatic heterocycles. The van der Waals surface area contributed by atoms with Gasteiger partial charge in [-0.25, -0.2) is 4.98 Å². The molecule has 0 aliphatic rings. The molecule has 1 N–H and O–H groups in total. The lowest BCUT2D eigenvalue weighted by molar-refractivity contribution is -0.548. The monoisotopic (exact) mass is 586 g/mol. The number of alkyl halides is 17. The number of aryl methyl sites for hydroxylation is 1. The maximum absolute atomic E-state index is 14.4. The van der Waals surface area contributed by atoms with Gasteiger partial charge in [-0.3, -0.25) is 14.3 Å². The molecule has 5 nitrogen and oxygen atoms in total. The van der Waals surface area contributed by atoms with Crippen LogP contribution in [0.2, 0.25) is 0 Å². The van der Waals surface area contributed by atoms with Gasteiger partial charge in [-0.05, 0) is 18.6 Å². The zero-order valence-corrected chi connectivity index (χ0v) is 16.8. The molecule has 0 saturated heterocycles. The van der Waals surface area contributed by atoms with Crippen LogP contribution in [0.25, 0.3) is 0 Å². The Balaban J connectivity index is 3.64. The number of rotatable bonds is 8. The molecule has 1 amide bonds. The van der Waals surface area contributed by atoms with Crippen molar-refractivity contribution >= 4 is 11.7 Å². The number of nitrogens with zero attached hydrogens (tertiary/aromatic N) is 1. The Labute approximate surface area is 191 Å². The Kier molecular flexibility index (Phi) is 8.11. The SMILES string of the molecule is Cc1cccnc1NC(=O)[C@@](F)(OC(F)(F)[C@@](F)(OC(F)(F)C(F)(F)C(F)(F)F)C(F)(F)F)C(F)(F)F. The van der Waals surface area contributed by atoms with Crippen LogP contribution in [-0.4, -0.2) is 59.3 Å². The molecule has 0 unspecified atom stereocenters. The highest BCUT2D eigenvalue weighted by Crippen LogP contribution is 2.56. The van der Waals surface area contributed by atoms with Crippen molar-refractivity contribution in [2.24, 2.45) is 0 Å². The molecule has 214 valence electrons. The van der Waals surface area contributed by atoms with Gasteiger partial charge in [0.05, 0.1) is 0 Å². The molecule has 1 rings (SSSR count). The topological polar surface area (TPSA) is 60.5 Å². The van der Waals surface area contributed by atoms with Gasteiger partial charge in [-0.2, -0.15) is 74.6 Å². The van der Waals surface area contributed by atoms with Gasteiger partial charge in [0.15, 0.2) is 0 Å². The molecule has 2 atom stereocenters. The lowest BCUT2D eigenvalue weighted by atomic mass is 10.2. The molecule has 0 bridgehead atoms. The lowest BCUT2D eigenvalue weighted by Crippen LogP contribution is -2.68. The molecule has 0 aliphatic heterocycles. The Morgan fingerprint density at radius 1 is 0.730 bits per heavy atom. The van der Waals surface area contributed by atoms with Gasteiger partial charge < -0.3 is 5.32 Å². The van der Waals surface area contributed by atoms with Crippen molar-refractivity contribution in [1.82, 2.24) is 4.98 Å². The minimum absolute atomic E-state index is 0.361. The third kappa shape index (κ3) is 5.77.